The molecule has 1 fully saturated rings. The summed E-state index contributed by atoms with van der Waals surface area (Å²) < 4.78 is 63.2. The number of aromatic nitrogens is 4. The van der Waals surface area contributed by atoms with Crippen molar-refractivity contribution in [2.75, 3.05) is 6.61 Å². The molecule has 228 valence electrons. The smallest absolute Gasteiger partial charge is 0.362 e. The van der Waals surface area contributed by atoms with Gasteiger partial charge in [0.05, 0.1) is 25.3 Å². The molecule has 1 aliphatic heterocycles. The van der Waals surface area contributed by atoms with Crippen LogP contribution in [0.15, 0.2) is 42.5 Å². The Bertz CT molecular complexity index is 1490. The third-order valence-electron chi connectivity index (χ3n) is 7.10. The minimum Gasteiger partial charge on any atom is -0.388 e. The molecule has 1 amide bonds. The molecule has 13 nitrogen and oxygen atoms in total. The number of benzene rings is 2. The molecule has 0 aliphatic carbocycles. The molecule has 16 heteroatoms. The summed E-state index contributed by atoms with van der Waals surface area (Å²) in [5, 5.41) is 33.0. The van der Waals surface area contributed by atoms with Crippen molar-refractivity contribution in [3.05, 3.63) is 54.1 Å². The van der Waals surface area contributed by atoms with Crippen LogP contribution in [0.3, 0.4) is 0 Å². The van der Waals surface area contributed by atoms with Gasteiger partial charge in [-0.15, -0.1) is 10.2 Å². The summed E-state index contributed by atoms with van der Waals surface area (Å²) in [7, 11) is -4.53. The maximum atomic E-state index is 13.6. The summed E-state index contributed by atoms with van der Waals surface area (Å²) in [6.45, 7) is 3.00. The van der Waals surface area contributed by atoms with Crippen LogP contribution in [-0.2, 0) is 30.6 Å². The predicted octanol–water partition coefficient (Wildman–Crippen LogP) is 0.916. The molecule has 0 bridgehead atoms. The zero-order valence-electron chi connectivity index (χ0n) is 22.8. The van der Waals surface area contributed by atoms with Crippen molar-refractivity contribution >= 4 is 16.2 Å². The SMILES string of the molecule is CC[C@H](C)[C@H](N)C(=O)NS(=O)(=O)OC[C@H]1O[C@@H](CCn2nnc(-c3ccc(-c4ccc(F)c(F)c4)cc3)n2)[C@H](O)[C@@H]1O. The monoisotopic (exact) mass is 610 g/mol. The fraction of sp³-hybridized carbons (Fsp3) is 0.462. The summed E-state index contributed by atoms with van der Waals surface area (Å²) in [4.78, 5) is 13.3. The van der Waals surface area contributed by atoms with Gasteiger partial charge in [0, 0.05) is 5.56 Å². The number of nitrogens with zero attached hydrogens (tertiary/aromatic N) is 4. The summed E-state index contributed by atoms with van der Waals surface area (Å²) in [6.07, 6.45) is -4.16. The number of rotatable bonds is 12. The molecule has 1 aliphatic rings. The second-order valence-electron chi connectivity index (χ2n) is 10.0. The number of aliphatic hydroxyl groups excluding tert-OH is 2. The molecule has 42 heavy (non-hydrogen) atoms. The fourth-order valence-electron chi connectivity index (χ4n) is 4.28. The van der Waals surface area contributed by atoms with Gasteiger partial charge in [0.15, 0.2) is 11.6 Å². The first-order chi connectivity index (χ1) is 19.9. The number of amides is 1. The topological polar surface area (TPSA) is 192 Å². The van der Waals surface area contributed by atoms with E-state index in [1.807, 2.05) is 6.92 Å². The Morgan fingerprint density at radius 3 is 2.40 bits per heavy atom. The van der Waals surface area contributed by atoms with E-state index in [9.17, 15) is 32.2 Å². The molecule has 0 unspecified atom stereocenters. The number of aryl methyl sites for hydroxylation is 1. The second-order valence-corrected chi connectivity index (χ2v) is 11.4. The van der Waals surface area contributed by atoms with Gasteiger partial charge in [0.25, 0.3) is 5.91 Å². The third-order valence-corrected chi connectivity index (χ3v) is 7.99. The quantitative estimate of drug-likeness (QED) is 0.228. The first-order valence-electron chi connectivity index (χ1n) is 13.2. The Morgan fingerprint density at radius 1 is 1.10 bits per heavy atom. The van der Waals surface area contributed by atoms with Crippen LogP contribution in [-0.4, -0.2) is 81.8 Å². The first kappa shape index (κ1) is 31.5. The molecule has 0 spiro atoms. The van der Waals surface area contributed by atoms with Crippen molar-refractivity contribution in [1.29, 1.82) is 0 Å². The average Bonchev–Trinajstić information content (AvgIpc) is 3.55. The average molecular weight is 611 g/mol. The van der Waals surface area contributed by atoms with Gasteiger partial charge in [-0.1, -0.05) is 50.6 Å². The number of halogens is 2. The molecule has 5 N–H and O–H groups in total. The highest BCUT2D eigenvalue weighted by atomic mass is 32.2. The standard InChI is InChI=1S/C26H32F2N6O7S/c1-3-14(2)22(29)26(37)32-42(38,39)40-13-21-24(36)23(35)20(41-21)10-11-34-31-25(30-33-34)16-6-4-15(5-7-16)17-8-9-18(27)19(28)12-17/h4-9,12,14,20-24,35-36H,3,10-11,13,29H2,1-2H3,(H,32,37)/t14-,20-,21+,22-,23-,24+/m0/s1. The van der Waals surface area contributed by atoms with Crippen molar-refractivity contribution in [2.24, 2.45) is 11.7 Å². The lowest BCUT2D eigenvalue weighted by Gasteiger charge is -2.18. The highest BCUT2D eigenvalue weighted by Gasteiger charge is 2.43. The van der Waals surface area contributed by atoms with Crippen molar-refractivity contribution in [2.45, 2.75) is 63.7 Å². The number of hydrogen-bond donors (Lipinski definition) is 4. The molecule has 4 rings (SSSR count). The Morgan fingerprint density at radius 2 is 1.74 bits per heavy atom. The third kappa shape index (κ3) is 7.50. The number of aliphatic hydroxyl groups is 2. The summed E-state index contributed by atoms with van der Waals surface area (Å²) in [5.41, 5.74) is 7.53. The maximum absolute atomic E-state index is 13.6. The molecule has 6 atom stereocenters. The van der Waals surface area contributed by atoms with Gasteiger partial charge in [-0.25, -0.2) is 13.5 Å². The number of nitrogens with one attached hydrogen (secondary N) is 1. The van der Waals surface area contributed by atoms with E-state index >= 15 is 0 Å². The molecule has 2 heterocycles. The number of carbonyl (C=O) groups excluding carboxylic acids is 1. The van der Waals surface area contributed by atoms with E-state index in [0.717, 1.165) is 12.1 Å². The molecular weight excluding hydrogens is 578 g/mol. The van der Waals surface area contributed by atoms with E-state index in [4.69, 9.17) is 14.7 Å². The van der Waals surface area contributed by atoms with E-state index in [1.165, 1.54) is 10.9 Å². The van der Waals surface area contributed by atoms with E-state index in [0.29, 0.717) is 28.9 Å². The van der Waals surface area contributed by atoms with Gasteiger partial charge in [0.2, 0.25) is 5.82 Å². The van der Waals surface area contributed by atoms with Gasteiger partial charge < -0.3 is 20.7 Å². The Balaban J connectivity index is 1.29. The van der Waals surface area contributed by atoms with Gasteiger partial charge >= 0.3 is 10.3 Å². The lowest BCUT2D eigenvalue weighted by Crippen LogP contribution is -2.47. The number of nitrogens with two attached hydrogens (primary N) is 1. The second kappa shape index (κ2) is 13.3. The Hall–Kier alpha value is -3.41. The van der Waals surface area contributed by atoms with Crippen LogP contribution in [0, 0.1) is 17.6 Å². The zero-order valence-corrected chi connectivity index (χ0v) is 23.6. The van der Waals surface area contributed by atoms with Crippen LogP contribution in [0.25, 0.3) is 22.5 Å². The molecule has 0 saturated carbocycles. The van der Waals surface area contributed by atoms with Crippen molar-refractivity contribution < 1.29 is 41.1 Å². The minimum atomic E-state index is -4.53. The number of ether oxygens (including phenoxy) is 1. The fourth-order valence-corrected chi connectivity index (χ4v) is 5.03. The summed E-state index contributed by atoms with van der Waals surface area (Å²) >= 11 is 0. The molecule has 0 radical (unpaired) electrons. The minimum absolute atomic E-state index is 0.143. The van der Waals surface area contributed by atoms with Gasteiger partial charge in [-0.05, 0) is 40.8 Å². The summed E-state index contributed by atoms with van der Waals surface area (Å²) in [6, 6.07) is 9.41. The molecular formula is C26H32F2N6O7S. The largest absolute Gasteiger partial charge is 0.388 e. The van der Waals surface area contributed by atoms with Crippen LogP contribution < -0.4 is 10.5 Å². The molecule has 2 aromatic carbocycles. The van der Waals surface area contributed by atoms with Crippen LogP contribution >= 0.6 is 0 Å². The van der Waals surface area contributed by atoms with Gasteiger partial charge in [-0.2, -0.15) is 13.2 Å². The van der Waals surface area contributed by atoms with E-state index in [2.05, 4.69) is 15.4 Å². The predicted molar refractivity (Wildman–Crippen MR) is 144 cm³/mol. The highest BCUT2D eigenvalue weighted by molar-refractivity contribution is 7.85. The Labute approximate surface area is 240 Å². The van der Waals surface area contributed by atoms with E-state index in [-0.39, 0.29) is 18.9 Å². The van der Waals surface area contributed by atoms with Crippen LogP contribution in [0.5, 0.6) is 0 Å². The number of hydrogen-bond acceptors (Lipinski definition) is 11. The van der Waals surface area contributed by atoms with Gasteiger partial charge in [-0.3, -0.25) is 8.98 Å². The zero-order chi connectivity index (χ0) is 30.6. The van der Waals surface area contributed by atoms with Crippen LogP contribution in [0.4, 0.5) is 8.78 Å². The molecule has 1 aromatic heterocycles. The van der Waals surface area contributed by atoms with Crippen LogP contribution in [0.1, 0.15) is 26.7 Å². The lowest BCUT2D eigenvalue weighted by atomic mass is 10.00. The normalized spacial score (nSPS) is 22.2. The van der Waals surface area contributed by atoms with E-state index < -0.39 is 64.9 Å². The van der Waals surface area contributed by atoms with Crippen molar-refractivity contribution in [3.63, 3.8) is 0 Å². The number of carbonyl (C=O) groups is 1. The van der Waals surface area contributed by atoms with Crippen molar-refractivity contribution in [1.82, 2.24) is 24.9 Å². The number of tetrazole rings is 1. The highest BCUT2D eigenvalue weighted by Crippen LogP contribution is 2.26. The molecule has 3 aromatic rings. The van der Waals surface area contributed by atoms with Crippen molar-refractivity contribution in [3.8, 4) is 22.5 Å². The van der Waals surface area contributed by atoms with E-state index in [1.54, 1.807) is 35.9 Å². The molecule has 1 saturated heterocycles. The maximum Gasteiger partial charge on any atom is 0.362 e. The van der Waals surface area contributed by atoms with Gasteiger partial charge in [0.1, 0.15) is 18.3 Å². The first-order valence-corrected chi connectivity index (χ1v) is 14.6. The van der Waals surface area contributed by atoms with Crippen LogP contribution in [0.2, 0.25) is 0 Å². The Kier molecular flexibility index (Phi) is 9.96. The lowest BCUT2D eigenvalue weighted by molar-refractivity contribution is -0.121. The summed E-state index contributed by atoms with van der Waals surface area (Å²) in [5.74, 6) is -2.76.